The van der Waals surface area contributed by atoms with Gasteiger partial charge in [0.2, 0.25) is 0 Å². The molecule has 29 heavy (non-hydrogen) atoms. The zero-order valence-electron chi connectivity index (χ0n) is 18.9. The number of rotatable bonds is 9. The topological polar surface area (TPSA) is 77.2 Å². The summed E-state index contributed by atoms with van der Waals surface area (Å²) in [5.41, 5.74) is -0.557. The number of carbonyl (C=O) groups excluding carboxylic acids is 2. The maximum absolute atomic E-state index is 12.5. The third kappa shape index (κ3) is 5.32. The largest absolute Gasteiger partial charge is 0.462 e. The predicted molar refractivity (Wildman–Crippen MR) is 110 cm³/mol. The molecule has 3 fully saturated rings. The van der Waals surface area contributed by atoms with Gasteiger partial charge in [0.15, 0.2) is 0 Å². The third-order valence-electron chi connectivity index (χ3n) is 6.28. The van der Waals surface area contributed by atoms with Crippen LogP contribution < -0.4 is 5.32 Å². The van der Waals surface area contributed by atoms with Crippen LogP contribution in [0.2, 0.25) is 0 Å². The van der Waals surface area contributed by atoms with Crippen LogP contribution in [0.3, 0.4) is 0 Å². The summed E-state index contributed by atoms with van der Waals surface area (Å²) in [5.74, 6) is 0.901. The second kappa shape index (κ2) is 8.93. The highest BCUT2D eigenvalue weighted by atomic mass is 16.6. The molecule has 6 atom stereocenters. The molecule has 1 N–H and O–H groups in total. The molecule has 0 aromatic rings. The van der Waals surface area contributed by atoms with E-state index in [1.165, 1.54) is 0 Å². The maximum atomic E-state index is 12.5. The Hall–Kier alpha value is -1.14. The summed E-state index contributed by atoms with van der Waals surface area (Å²) in [6, 6.07) is 0.136. The molecule has 0 aromatic heterocycles. The molecular weight excluding hydrogens is 370 g/mol. The van der Waals surface area contributed by atoms with Crippen LogP contribution in [0.15, 0.2) is 0 Å². The van der Waals surface area contributed by atoms with Crippen molar-refractivity contribution in [3.63, 3.8) is 0 Å². The molecule has 0 amide bonds. The Morgan fingerprint density at radius 3 is 2.31 bits per heavy atom. The highest BCUT2D eigenvalue weighted by Crippen LogP contribution is 2.55. The van der Waals surface area contributed by atoms with Gasteiger partial charge in [-0.25, -0.2) is 0 Å². The fraction of sp³-hybridized carbons (Fsp3) is 0.913. The molecule has 2 saturated carbocycles. The van der Waals surface area contributed by atoms with Crippen LogP contribution in [0.4, 0.5) is 0 Å². The SMILES string of the molecule is CC(C)CN[C@@H]1C2C[C@](OC(=O)CC(C)C)(CC[C@H]2OC(=O)CC(C)C)[C@H]2O[C@@H]12. The average Bonchev–Trinajstić information content (AvgIpc) is 3.37. The Kier molecular flexibility index (Phi) is 6.94. The first-order valence-electron chi connectivity index (χ1n) is 11.4. The van der Waals surface area contributed by atoms with Crippen molar-refractivity contribution in [1.82, 2.24) is 5.32 Å². The Bertz CT molecular complexity index is 604. The molecule has 166 valence electrons. The van der Waals surface area contributed by atoms with Crippen LogP contribution in [0, 0.1) is 23.7 Å². The highest BCUT2D eigenvalue weighted by Gasteiger charge is 2.68. The molecule has 1 saturated heterocycles. The van der Waals surface area contributed by atoms with Gasteiger partial charge in [0.05, 0.1) is 0 Å². The van der Waals surface area contributed by atoms with Crippen LogP contribution >= 0.6 is 0 Å². The van der Waals surface area contributed by atoms with Gasteiger partial charge < -0.3 is 19.5 Å². The minimum Gasteiger partial charge on any atom is -0.462 e. The number of fused-ring (bicyclic) bond motifs is 4. The van der Waals surface area contributed by atoms with E-state index in [2.05, 4.69) is 19.2 Å². The molecule has 3 rings (SSSR count). The second-order valence-electron chi connectivity index (χ2n) is 10.5. The zero-order valence-corrected chi connectivity index (χ0v) is 18.9. The third-order valence-corrected chi connectivity index (χ3v) is 6.28. The van der Waals surface area contributed by atoms with Crippen molar-refractivity contribution < 1.29 is 23.8 Å². The monoisotopic (exact) mass is 409 g/mol. The Morgan fingerprint density at radius 2 is 1.69 bits per heavy atom. The highest BCUT2D eigenvalue weighted by molar-refractivity contribution is 5.71. The van der Waals surface area contributed by atoms with E-state index in [9.17, 15) is 9.59 Å². The Morgan fingerprint density at radius 1 is 1.03 bits per heavy atom. The number of hydrogen-bond acceptors (Lipinski definition) is 6. The molecule has 6 heteroatoms. The second-order valence-corrected chi connectivity index (χ2v) is 10.5. The van der Waals surface area contributed by atoms with E-state index in [1.54, 1.807) is 0 Å². The number of ether oxygens (including phenoxy) is 3. The summed E-state index contributed by atoms with van der Waals surface area (Å²) < 4.78 is 18.1. The molecule has 1 unspecified atom stereocenters. The van der Waals surface area contributed by atoms with E-state index in [0.29, 0.717) is 31.6 Å². The molecule has 1 heterocycles. The fourth-order valence-electron chi connectivity index (χ4n) is 5.00. The normalized spacial score (nSPS) is 35.6. The molecule has 2 aliphatic carbocycles. The van der Waals surface area contributed by atoms with E-state index in [1.807, 2.05) is 27.7 Å². The smallest absolute Gasteiger partial charge is 0.306 e. The zero-order chi connectivity index (χ0) is 21.3. The summed E-state index contributed by atoms with van der Waals surface area (Å²) >= 11 is 0. The lowest BCUT2D eigenvalue weighted by molar-refractivity contribution is -0.184. The van der Waals surface area contributed by atoms with Crippen molar-refractivity contribution >= 4 is 11.9 Å². The summed E-state index contributed by atoms with van der Waals surface area (Å²) in [5, 5.41) is 3.66. The summed E-state index contributed by atoms with van der Waals surface area (Å²) in [6.45, 7) is 13.3. The van der Waals surface area contributed by atoms with Crippen LogP contribution in [0.1, 0.15) is 73.6 Å². The molecule has 0 radical (unpaired) electrons. The van der Waals surface area contributed by atoms with Crippen LogP contribution in [-0.4, -0.2) is 48.4 Å². The van der Waals surface area contributed by atoms with Gasteiger partial charge in [0.1, 0.15) is 23.9 Å². The summed E-state index contributed by atoms with van der Waals surface area (Å²) in [4.78, 5) is 24.8. The number of esters is 2. The molecule has 1 aliphatic heterocycles. The van der Waals surface area contributed by atoms with Crippen molar-refractivity contribution in [2.45, 2.75) is 104 Å². The predicted octanol–water partition coefficient (Wildman–Crippen LogP) is 3.47. The van der Waals surface area contributed by atoms with Crippen molar-refractivity contribution in [1.29, 1.82) is 0 Å². The lowest BCUT2D eigenvalue weighted by Crippen LogP contribution is -2.61. The van der Waals surface area contributed by atoms with Crippen molar-refractivity contribution in [3.05, 3.63) is 0 Å². The number of nitrogens with one attached hydrogen (secondary N) is 1. The molecule has 2 bridgehead atoms. The number of carbonyl (C=O) groups is 2. The summed E-state index contributed by atoms with van der Waals surface area (Å²) in [6.07, 6.45) is 2.83. The maximum Gasteiger partial charge on any atom is 0.306 e. The molecule has 6 nitrogen and oxygen atoms in total. The van der Waals surface area contributed by atoms with E-state index in [0.717, 1.165) is 13.0 Å². The van der Waals surface area contributed by atoms with Crippen LogP contribution in [0.5, 0.6) is 0 Å². The van der Waals surface area contributed by atoms with Gasteiger partial charge in [-0.3, -0.25) is 9.59 Å². The van der Waals surface area contributed by atoms with Gasteiger partial charge in [-0.2, -0.15) is 0 Å². The molecule has 0 spiro atoms. The van der Waals surface area contributed by atoms with Gasteiger partial charge in [-0.05, 0) is 43.6 Å². The first-order chi connectivity index (χ1) is 13.6. The quantitative estimate of drug-likeness (QED) is 0.464. The van der Waals surface area contributed by atoms with Gasteiger partial charge in [0.25, 0.3) is 0 Å². The molecule has 3 aliphatic rings. The Balaban J connectivity index is 1.74. The van der Waals surface area contributed by atoms with Crippen LogP contribution in [-0.2, 0) is 23.8 Å². The fourth-order valence-corrected chi connectivity index (χ4v) is 5.00. The minimum absolute atomic E-state index is 0.0333. The number of epoxide rings is 1. The van der Waals surface area contributed by atoms with E-state index in [4.69, 9.17) is 14.2 Å². The average molecular weight is 410 g/mol. The number of hydrogen-bond donors (Lipinski definition) is 1. The standard InChI is InChI=1S/C23H39NO5/c1-13(2)9-18(25)27-17-7-8-23(29-19(26)10-14(3)4)11-16(17)20(21-22(23)28-21)24-12-15(5)6/h13-17,20-22,24H,7-12H2,1-6H3/t16?,17-,20-,21+,22+,23-/m1/s1. The van der Waals surface area contributed by atoms with Gasteiger partial charge in [-0.1, -0.05) is 41.5 Å². The van der Waals surface area contributed by atoms with E-state index >= 15 is 0 Å². The first kappa shape index (κ1) is 22.5. The van der Waals surface area contributed by atoms with Crippen molar-refractivity contribution in [3.8, 4) is 0 Å². The van der Waals surface area contributed by atoms with Crippen LogP contribution in [0.25, 0.3) is 0 Å². The van der Waals surface area contributed by atoms with Crippen molar-refractivity contribution in [2.24, 2.45) is 23.7 Å². The molecular formula is C23H39NO5. The van der Waals surface area contributed by atoms with Crippen molar-refractivity contribution in [2.75, 3.05) is 6.54 Å². The van der Waals surface area contributed by atoms with Gasteiger partial charge >= 0.3 is 11.9 Å². The lowest BCUT2D eigenvalue weighted by Gasteiger charge is -2.48. The Labute approximate surface area is 175 Å². The van der Waals surface area contributed by atoms with E-state index in [-0.39, 0.29) is 54.0 Å². The van der Waals surface area contributed by atoms with E-state index < -0.39 is 5.60 Å². The lowest BCUT2D eigenvalue weighted by atomic mass is 9.65. The first-order valence-corrected chi connectivity index (χ1v) is 11.4. The van der Waals surface area contributed by atoms with Gasteiger partial charge in [0, 0.05) is 24.8 Å². The minimum atomic E-state index is -0.557. The molecule has 0 aromatic carbocycles. The van der Waals surface area contributed by atoms with Gasteiger partial charge in [-0.15, -0.1) is 0 Å². The summed E-state index contributed by atoms with van der Waals surface area (Å²) in [7, 11) is 0.